The molecule has 1 heterocycles. The van der Waals surface area contributed by atoms with Crippen LogP contribution in [0.5, 0.6) is 0 Å². The minimum Gasteiger partial charge on any atom is -0.330 e. The van der Waals surface area contributed by atoms with E-state index in [-0.39, 0.29) is 0 Å². The standard InChI is InChI=1S/C17H29N3/c1-3-14-7-8-15(13-18)17(12-14)20(2)11-9-16-6-4-5-10-19-16/h4-6,10,14-15,17H,3,7-9,11-13,18H2,1-2H3. The molecule has 0 radical (unpaired) electrons. The van der Waals surface area contributed by atoms with Gasteiger partial charge in [0.05, 0.1) is 0 Å². The predicted molar refractivity (Wildman–Crippen MR) is 84.5 cm³/mol. The van der Waals surface area contributed by atoms with Crippen LogP contribution < -0.4 is 5.73 Å². The van der Waals surface area contributed by atoms with Gasteiger partial charge in [0.15, 0.2) is 0 Å². The normalized spacial score (nSPS) is 26.9. The van der Waals surface area contributed by atoms with Crippen LogP contribution in [0.4, 0.5) is 0 Å². The lowest BCUT2D eigenvalue weighted by Gasteiger charge is -2.40. The Balaban J connectivity index is 1.90. The fourth-order valence-corrected chi connectivity index (χ4v) is 3.48. The van der Waals surface area contributed by atoms with Crippen molar-refractivity contribution in [2.24, 2.45) is 17.6 Å². The van der Waals surface area contributed by atoms with E-state index >= 15 is 0 Å². The molecule has 3 nitrogen and oxygen atoms in total. The summed E-state index contributed by atoms with van der Waals surface area (Å²) < 4.78 is 0. The van der Waals surface area contributed by atoms with E-state index in [2.05, 4.69) is 36.0 Å². The Bertz CT molecular complexity index is 379. The molecule has 3 atom stereocenters. The first-order valence-corrected chi connectivity index (χ1v) is 8.04. The molecule has 112 valence electrons. The maximum absolute atomic E-state index is 5.99. The van der Waals surface area contributed by atoms with Gasteiger partial charge in [-0.25, -0.2) is 0 Å². The highest BCUT2D eigenvalue weighted by Crippen LogP contribution is 2.33. The van der Waals surface area contributed by atoms with Crippen molar-refractivity contribution in [3.05, 3.63) is 30.1 Å². The monoisotopic (exact) mass is 275 g/mol. The summed E-state index contributed by atoms with van der Waals surface area (Å²) >= 11 is 0. The molecule has 1 saturated carbocycles. The second-order valence-corrected chi connectivity index (χ2v) is 6.20. The SMILES string of the molecule is CCC1CCC(CN)C(N(C)CCc2ccccn2)C1. The van der Waals surface area contributed by atoms with Gasteiger partial charge in [0, 0.05) is 30.9 Å². The van der Waals surface area contributed by atoms with Gasteiger partial charge >= 0.3 is 0 Å². The zero-order valence-corrected chi connectivity index (χ0v) is 13.0. The molecule has 3 heteroatoms. The first-order valence-electron chi connectivity index (χ1n) is 8.04. The summed E-state index contributed by atoms with van der Waals surface area (Å²) in [6.07, 6.45) is 8.20. The van der Waals surface area contributed by atoms with Crippen LogP contribution in [0.1, 0.15) is 38.3 Å². The lowest BCUT2D eigenvalue weighted by molar-refractivity contribution is 0.103. The van der Waals surface area contributed by atoms with Gasteiger partial charge in [-0.15, -0.1) is 0 Å². The van der Waals surface area contributed by atoms with Gasteiger partial charge in [0.2, 0.25) is 0 Å². The molecule has 20 heavy (non-hydrogen) atoms. The number of hydrogen-bond donors (Lipinski definition) is 1. The summed E-state index contributed by atoms with van der Waals surface area (Å²) in [6.45, 7) is 4.22. The number of hydrogen-bond acceptors (Lipinski definition) is 3. The molecule has 1 aliphatic carbocycles. The van der Waals surface area contributed by atoms with E-state index in [0.29, 0.717) is 12.0 Å². The summed E-state index contributed by atoms with van der Waals surface area (Å²) in [5, 5.41) is 0. The van der Waals surface area contributed by atoms with Crippen LogP contribution in [0, 0.1) is 11.8 Å². The fourth-order valence-electron chi connectivity index (χ4n) is 3.48. The van der Waals surface area contributed by atoms with Gasteiger partial charge in [-0.3, -0.25) is 4.98 Å². The van der Waals surface area contributed by atoms with Crippen LogP contribution in [0.15, 0.2) is 24.4 Å². The quantitative estimate of drug-likeness (QED) is 0.868. The molecule has 1 fully saturated rings. The number of likely N-dealkylation sites (N-methyl/N-ethyl adjacent to an activating group) is 1. The molecule has 1 aromatic heterocycles. The molecule has 0 spiro atoms. The minimum atomic E-state index is 0.655. The molecule has 2 rings (SSSR count). The predicted octanol–water partition coefficient (Wildman–Crippen LogP) is 2.71. The summed E-state index contributed by atoms with van der Waals surface area (Å²) in [5.41, 5.74) is 7.17. The molecule has 3 unspecified atom stereocenters. The van der Waals surface area contributed by atoms with Gasteiger partial charge in [-0.2, -0.15) is 0 Å². The molecular weight excluding hydrogens is 246 g/mol. The van der Waals surface area contributed by atoms with Crippen LogP contribution in [0.2, 0.25) is 0 Å². The maximum Gasteiger partial charge on any atom is 0.0416 e. The third-order valence-electron chi connectivity index (χ3n) is 4.96. The van der Waals surface area contributed by atoms with E-state index in [9.17, 15) is 0 Å². The second-order valence-electron chi connectivity index (χ2n) is 6.20. The Hall–Kier alpha value is -0.930. The van der Waals surface area contributed by atoms with Crippen molar-refractivity contribution in [1.82, 2.24) is 9.88 Å². The summed E-state index contributed by atoms with van der Waals surface area (Å²) in [4.78, 5) is 6.94. The van der Waals surface area contributed by atoms with Gasteiger partial charge < -0.3 is 10.6 Å². The Morgan fingerprint density at radius 3 is 2.85 bits per heavy atom. The van der Waals surface area contributed by atoms with E-state index in [0.717, 1.165) is 25.4 Å². The van der Waals surface area contributed by atoms with Crippen molar-refractivity contribution in [3.63, 3.8) is 0 Å². The Kier molecular flexibility index (Phi) is 5.99. The van der Waals surface area contributed by atoms with Crippen molar-refractivity contribution in [1.29, 1.82) is 0 Å². The average molecular weight is 275 g/mol. The Morgan fingerprint density at radius 2 is 2.20 bits per heavy atom. The largest absolute Gasteiger partial charge is 0.330 e. The van der Waals surface area contributed by atoms with Crippen LogP contribution in [-0.2, 0) is 6.42 Å². The van der Waals surface area contributed by atoms with Gasteiger partial charge in [-0.05, 0) is 50.4 Å². The molecule has 2 N–H and O–H groups in total. The highest BCUT2D eigenvalue weighted by molar-refractivity contribution is 5.04. The van der Waals surface area contributed by atoms with Gasteiger partial charge in [-0.1, -0.05) is 25.8 Å². The third kappa shape index (κ3) is 4.03. The van der Waals surface area contributed by atoms with E-state index in [4.69, 9.17) is 5.73 Å². The minimum absolute atomic E-state index is 0.655. The number of rotatable bonds is 6. The van der Waals surface area contributed by atoms with Crippen molar-refractivity contribution < 1.29 is 0 Å². The van der Waals surface area contributed by atoms with Gasteiger partial charge in [0.25, 0.3) is 0 Å². The molecule has 0 amide bonds. The van der Waals surface area contributed by atoms with Crippen LogP contribution in [-0.4, -0.2) is 36.1 Å². The molecule has 0 aliphatic heterocycles. The average Bonchev–Trinajstić information content (AvgIpc) is 2.52. The number of aromatic nitrogens is 1. The van der Waals surface area contributed by atoms with Crippen molar-refractivity contribution in [3.8, 4) is 0 Å². The molecule has 1 aromatic rings. The number of pyridine rings is 1. The van der Waals surface area contributed by atoms with Crippen molar-refractivity contribution in [2.45, 2.75) is 45.1 Å². The van der Waals surface area contributed by atoms with Gasteiger partial charge in [0.1, 0.15) is 0 Å². The topological polar surface area (TPSA) is 42.1 Å². The highest BCUT2D eigenvalue weighted by atomic mass is 15.1. The van der Waals surface area contributed by atoms with Crippen molar-refractivity contribution in [2.75, 3.05) is 20.1 Å². The summed E-state index contributed by atoms with van der Waals surface area (Å²) in [6, 6.07) is 6.82. The molecule has 0 aromatic carbocycles. The lowest BCUT2D eigenvalue weighted by Crippen LogP contribution is -2.45. The van der Waals surface area contributed by atoms with Crippen molar-refractivity contribution >= 4 is 0 Å². The first kappa shape index (κ1) is 15.5. The van der Waals surface area contributed by atoms with E-state index in [1.165, 1.54) is 31.4 Å². The zero-order valence-electron chi connectivity index (χ0n) is 13.0. The maximum atomic E-state index is 5.99. The Labute approximate surface area is 123 Å². The van der Waals surface area contributed by atoms with Crippen LogP contribution in [0.25, 0.3) is 0 Å². The highest BCUT2D eigenvalue weighted by Gasteiger charge is 2.31. The summed E-state index contributed by atoms with van der Waals surface area (Å²) in [7, 11) is 2.26. The number of nitrogens with two attached hydrogens (primary N) is 1. The molecule has 1 aliphatic rings. The zero-order chi connectivity index (χ0) is 14.4. The van der Waals surface area contributed by atoms with E-state index in [1.54, 1.807) is 0 Å². The van der Waals surface area contributed by atoms with Crippen LogP contribution >= 0.6 is 0 Å². The summed E-state index contributed by atoms with van der Waals surface area (Å²) in [5.74, 6) is 1.56. The first-order chi connectivity index (χ1) is 9.74. The molecule has 0 bridgehead atoms. The third-order valence-corrected chi connectivity index (χ3v) is 4.96. The van der Waals surface area contributed by atoms with E-state index < -0.39 is 0 Å². The molecule has 0 saturated heterocycles. The second kappa shape index (κ2) is 7.75. The van der Waals surface area contributed by atoms with E-state index in [1.807, 2.05) is 12.3 Å². The number of nitrogens with zero attached hydrogens (tertiary/aromatic N) is 2. The molecular formula is C17H29N3. The lowest BCUT2D eigenvalue weighted by atomic mass is 9.76. The van der Waals surface area contributed by atoms with Crippen LogP contribution in [0.3, 0.4) is 0 Å². The smallest absolute Gasteiger partial charge is 0.0416 e. The Morgan fingerprint density at radius 1 is 1.35 bits per heavy atom. The fraction of sp³-hybridized carbons (Fsp3) is 0.706.